The van der Waals surface area contributed by atoms with Crippen LogP contribution in [0.5, 0.6) is 5.75 Å². The summed E-state index contributed by atoms with van der Waals surface area (Å²) in [4.78, 5) is 28.5. The molecule has 2 aromatic carbocycles. The van der Waals surface area contributed by atoms with Crippen molar-refractivity contribution in [2.75, 3.05) is 44.2 Å². The number of benzene rings is 2. The Balaban J connectivity index is 1.21. The van der Waals surface area contributed by atoms with Gasteiger partial charge in [-0.25, -0.2) is 0 Å². The molecule has 1 atom stereocenters. The Bertz CT molecular complexity index is 1680. The number of amides is 1. The summed E-state index contributed by atoms with van der Waals surface area (Å²) in [6, 6.07) is 13.6. The van der Waals surface area contributed by atoms with Crippen molar-refractivity contribution in [2.45, 2.75) is 33.4 Å². The molecule has 1 saturated heterocycles. The predicted molar refractivity (Wildman–Crippen MR) is 162 cm³/mol. The molecular weight excluding hydrogens is 586 g/mol. The number of aryl methyl sites for hydroxylation is 1. The second-order valence-corrected chi connectivity index (χ2v) is 12.8. The number of fused-ring (bicyclic) bond motifs is 1. The van der Waals surface area contributed by atoms with E-state index in [0.29, 0.717) is 61.1 Å². The van der Waals surface area contributed by atoms with Crippen LogP contribution in [0.15, 0.2) is 53.1 Å². The van der Waals surface area contributed by atoms with E-state index in [1.165, 1.54) is 4.31 Å². The Morgan fingerprint density at radius 3 is 2.34 bits per heavy atom. The Morgan fingerprint density at radius 1 is 1.02 bits per heavy atom. The summed E-state index contributed by atoms with van der Waals surface area (Å²) in [7, 11) is -3.93. The van der Waals surface area contributed by atoms with Gasteiger partial charge in [0, 0.05) is 49.1 Å². The fourth-order valence-electron chi connectivity index (χ4n) is 5.07. The van der Waals surface area contributed by atoms with Gasteiger partial charge in [0.2, 0.25) is 0 Å². The molecule has 232 valence electrons. The molecule has 0 radical (unpaired) electrons. The summed E-state index contributed by atoms with van der Waals surface area (Å²) in [5.74, 6) is 5.75. The first kappa shape index (κ1) is 31.1. The molecule has 2 N–H and O–H groups in total. The summed E-state index contributed by atoms with van der Waals surface area (Å²) in [6.07, 6.45) is 0. The number of rotatable bonds is 8. The molecule has 1 aromatic heterocycles. The van der Waals surface area contributed by atoms with E-state index >= 15 is 0 Å². The van der Waals surface area contributed by atoms with Gasteiger partial charge >= 0.3 is 5.97 Å². The number of piperazine rings is 1. The SMILES string of the molecule is Cc1cc(CN2CCOc3ccc(C#Cc4ccc(N5CCN(S(=O)(=O)N[C@@H](C(=O)O)C(C)C)CC5)cc4)cc3C2=O)no1. The largest absolute Gasteiger partial charge is 0.491 e. The van der Waals surface area contributed by atoms with Crippen LogP contribution in [-0.4, -0.2) is 85.1 Å². The smallest absolute Gasteiger partial charge is 0.322 e. The molecule has 5 rings (SSSR count). The minimum absolute atomic E-state index is 0.156. The number of carboxylic acid groups (broad SMARTS) is 1. The number of carboxylic acids is 1. The predicted octanol–water partition coefficient (Wildman–Crippen LogP) is 2.48. The Kier molecular flexibility index (Phi) is 9.24. The van der Waals surface area contributed by atoms with Crippen molar-refractivity contribution < 1.29 is 32.4 Å². The summed E-state index contributed by atoms with van der Waals surface area (Å²) < 4.78 is 40.1. The van der Waals surface area contributed by atoms with E-state index in [2.05, 4.69) is 26.6 Å². The zero-order valence-corrected chi connectivity index (χ0v) is 25.6. The van der Waals surface area contributed by atoms with E-state index in [1.807, 2.05) is 36.4 Å². The number of nitrogens with one attached hydrogen (secondary N) is 1. The number of nitrogens with zero attached hydrogens (tertiary/aromatic N) is 4. The van der Waals surface area contributed by atoms with Crippen LogP contribution in [0.2, 0.25) is 0 Å². The number of carbonyl (C=O) groups is 2. The summed E-state index contributed by atoms with van der Waals surface area (Å²) in [5, 5.41) is 13.4. The Labute approximate surface area is 256 Å². The molecule has 2 aliphatic rings. The van der Waals surface area contributed by atoms with Crippen molar-refractivity contribution >= 4 is 27.8 Å². The monoisotopic (exact) mass is 621 g/mol. The lowest BCUT2D eigenvalue weighted by molar-refractivity contribution is -0.140. The lowest BCUT2D eigenvalue weighted by atomic mass is 10.1. The summed E-state index contributed by atoms with van der Waals surface area (Å²) >= 11 is 0. The van der Waals surface area contributed by atoms with Crippen LogP contribution in [0, 0.1) is 24.7 Å². The van der Waals surface area contributed by atoms with E-state index in [4.69, 9.17) is 9.26 Å². The molecule has 0 bridgehead atoms. The molecule has 1 fully saturated rings. The number of aromatic nitrogens is 1. The third kappa shape index (κ3) is 7.21. The molecule has 13 heteroatoms. The first-order chi connectivity index (χ1) is 21.0. The molecule has 3 aromatic rings. The number of ether oxygens (including phenoxy) is 1. The van der Waals surface area contributed by atoms with Gasteiger partial charge in [-0.3, -0.25) is 9.59 Å². The van der Waals surface area contributed by atoms with E-state index in [0.717, 1.165) is 11.3 Å². The van der Waals surface area contributed by atoms with Gasteiger partial charge in [0.15, 0.2) is 0 Å². The van der Waals surface area contributed by atoms with Gasteiger partial charge in [-0.05, 0) is 55.3 Å². The van der Waals surface area contributed by atoms with Gasteiger partial charge in [-0.15, -0.1) is 0 Å². The van der Waals surface area contributed by atoms with Crippen molar-refractivity contribution in [3.05, 3.63) is 76.7 Å². The highest BCUT2D eigenvalue weighted by Crippen LogP contribution is 2.25. The maximum atomic E-state index is 13.3. The van der Waals surface area contributed by atoms with Crippen molar-refractivity contribution in [3.63, 3.8) is 0 Å². The van der Waals surface area contributed by atoms with Crippen molar-refractivity contribution in [1.29, 1.82) is 0 Å². The zero-order valence-electron chi connectivity index (χ0n) is 24.8. The zero-order chi connectivity index (χ0) is 31.4. The van der Waals surface area contributed by atoms with Gasteiger partial charge in [0.1, 0.15) is 29.9 Å². The second kappa shape index (κ2) is 13.1. The topological polar surface area (TPSA) is 146 Å². The van der Waals surface area contributed by atoms with Crippen LogP contribution < -0.4 is 14.4 Å². The molecular formula is C31H35N5O7S. The molecule has 0 aliphatic carbocycles. The van der Waals surface area contributed by atoms with Gasteiger partial charge in [-0.2, -0.15) is 17.4 Å². The van der Waals surface area contributed by atoms with E-state index < -0.39 is 22.2 Å². The minimum atomic E-state index is -3.93. The lowest BCUT2D eigenvalue weighted by Crippen LogP contribution is -2.55. The maximum absolute atomic E-state index is 13.3. The normalized spacial score (nSPS) is 16.5. The Hall–Kier alpha value is -4.38. The van der Waals surface area contributed by atoms with Crippen LogP contribution in [0.3, 0.4) is 0 Å². The maximum Gasteiger partial charge on any atom is 0.322 e. The fraction of sp³-hybridized carbons (Fsp3) is 0.387. The van der Waals surface area contributed by atoms with Gasteiger partial charge in [-0.1, -0.05) is 30.8 Å². The van der Waals surface area contributed by atoms with Crippen molar-refractivity contribution in [1.82, 2.24) is 19.1 Å². The highest BCUT2D eigenvalue weighted by molar-refractivity contribution is 7.87. The minimum Gasteiger partial charge on any atom is -0.491 e. The molecule has 0 saturated carbocycles. The molecule has 12 nitrogen and oxygen atoms in total. The van der Waals surface area contributed by atoms with Crippen molar-refractivity contribution in [2.24, 2.45) is 5.92 Å². The highest BCUT2D eigenvalue weighted by Gasteiger charge is 2.33. The number of carbonyl (C=O) groups excluding carboxylic acids is 1. The lowest BCUT2D eigenvalue weighted by Gasteiger charge is -2.36. The summed E-state index contributed by atoms with van der Waals surface area (Å²) in [6.45, 7) is 7.65. The van der Waals surface area contributed by atoms with Gasteiger partial charge < -0.3 is 24.2 Å². The number of anilines is 1. The van der Waals surface area contributed by atoms with E-state index in [9.17, 15) is 23.1 Å². The van der Waals surface area contributed by atoms with Crippen LogP contribution >= 0.6 is 0 Å². The van der Waals surface area contributed by atoms with E-state index in [1.54, 1.807) is 37.8 Å². The van der Waals surface area contributed by atoms with Crippen LogP contribution in [0.25, 0.3) is 0 Å². The first-order valence-electron chi connectivity index (χ1n) is 14.4. The molecule has 2 aliphatic heterocycles. The quantitative estimate of drug-likeness (QED) is 0.363. The Morgan fingerprint density at radius 2 is 1.70 bits per heavy atom. The van der Waals surface area contributed by atoms with Gasteiger partial charge in [0.05, 0.1) is 18.7 Å². The standard InChI is InChI=1S/C31H35N5O7S/c1-21(2)29(31(38)39)33-44(40,41)36-14-12-34(13-15-36)26-9-6-23(7-10-26)4-5-24-8-11-28-27(19-24)30(37)35(16-17-42-28)20-25-18-22(3)43-32-25/h6-11,18-19,21,29,33H,12-17,20H2,1-3H3,(H,38,39)/t29-/m1/s1. The number of hydrogen-bond acceptors (Lipinski definition) is 8. The number of hydrogen-bond donors (Lipinski definition) is 2. The molecule has 0 unspecified atom stereocenters. The van der Waals surface area contributed by atoms with Crippen molar-refractivity contribution in [3.8, 4) is 17.6 Å². The van der Waals surface area contributed by atoms with E-state index in [-0.39, 0.29) is 24.9 Å². The highest BCUT2D eigenvalue weighted by atomic mass is 32.2. The number of aliphatic carboxylic acids is 1. The fourth-order valence-corrected chi connectivity index (χ4v) is 6.56. The molecule has 1 amide bonds. The van der Waals surface area contributed by atoms with Gasteiger partial charge in [0.25, 0.3) is 16.1 Å². The van der Waals surface area contributed by atoms with Crippen LogP contribution in [0.1, 0.15) is 46.8 Å². The second-order valence-electron chi connectivity index (χ2n) is 11.1. The first-order valence-corrected chi connectivity index (χ1v) is 15.8. The molecule has 3 heterocycles. The summed E-state index contributed by atoms with van der Waals surface area (Å²) in [5.41, 5.74) is 3.52. The third-order valence-electron chi connectivity index (χ3n) is 7.52. The molecule has 44 heavy (non-hydrogen) atoms. The molecule has 0 spiro atoms. The average molecular weight is 622 g/mol. The third-order valence-corrected chi connectivity index (χ3v) is 9.11. The average Bonchev–Trinajstić information content (AvgIpc) is 3.35. The van der Waals surface area contributed by atoms with Crippen LogP contribution in [-0.2, 0) is 21.5 Å². The van der Waals surface area contributed by atoms with Crippen LogP contribution in [0.4, 0.5) is 5.69 Å².